The van der Waals surface area contributed by atoms with E-state index in [0.29, 0.717) is 6.04 Å². The van der Waals surface area contributed by atoms with E-state index in [9.17, 15) is 0 Å². The van der Waals surface area contributed by atoms with Gasteiger partial charge in [0.05, 0.1) is 5.01 Å². The predicted molar refractivity (Wildman–Crippen MR) is 79.0 cm³/mol. The summed E-state index contributed by atoms with van der Waals surface area (Å²) in [5.41, 5.74) is 2.94. The van der Waals surface area contributed by atoms with Crippen LogP contribution in [0.15, 0.2) is 34.2 Å². The highest BCUT2D eigenvalue weighted by Gasteiger charge is 2.23. The van der Waals surface area contributed by atoms with Gasteiger partial charge >= 0.3 is 0 Å². The van der Waals surface area contributed by atoms with Gasteiger partial charge in [0.15, 0.2) is 0 Å². The summed E-state index contributed by atoms with van der Waals surface area (Å²) in [6.45, 7) is 1.00. The van der Waals surface area contributed by atoms with E-state index < -0.39 is 0 Å². The van der Waals surface area contributed by atoms with Gasteiger partial charge < -0.3 is 5.32 Å². The third kappa shape index (κ3) is 2.51. The van der Waals surface area contributed by atoms with E-state index in [1.54, 1.807) is 11.3 Å². The van der Waals surface area contributed by atoms with Crippen molar-refractivity contribution in [1.82, 2.24) is 10.3 Å². The van der Waals surface area contributed by atoms with Crippen LogP contribution in [-0.2, 0) is 12.8 Å². The normalized spacial score (nSPS) is 17.9. The number of nitrogens with zero attached hydrogens (tertiary/aromatic N) is 1. The Hall–Kier alpha value is -0.710. The number of rotatable bonds is 4. The van der Waals surface area contributed by atoms with Gasteiger partial charge in [-0.25, -0.2) is 4.98 Å². The van der Waals surface area contributed by atoms with Crippen LogP contribution in [0.1, 0.15) is 28.6 Å². The van der Waals surface area contributed by atoms with Crippen LogP contribution in [0.2, 0.25) is 0 Å². The van der Waals surface area contributed by atoms with Crippen LogP contribution in [0.5, 0.6) is 0 Å². The van der Waals surface area contributed by atoms with E-state index in [1.165, 1.54) is 33.4 Å². The maximum absolute atomic E-state index is 4.31. The summed E-state index contributed by atoms with van der Waals surface area (Å²) in [5.74, 6) is 0. The van der Waals surface area contributed by atoms with E-state index in [-0.39, 0.29) is 0 Å². The Morgan fingerprint density at radius 2 is 2.39 bits per heavy atom. The van der Waals surface area contributed by atoms with Gasteiger partial charge in [0.2, 0.25) is 0 Å². The van der Waals surface area contributed by atoms with Gasteiger partial charge in [0, 0.05) is 35.1 Å². The Kier molecular flexibility index (Phi) is 3.77. The molecule has 0 fully saturated rings. The minimum absolute atomic E-state index is 0.512. The second-order valence-electron chi connectivity index (χ2n) is 4.53. The van der Waals surface area contributed by atoms with E-state index in [1.807, 2.05) is 11.6 Å². The fraction of sp³-hybridized carbons (Fsp3) is 0.357. The van der Waals surface area contributed by atoms with Gasteiger partial charge in [0.1, 0.15) is 0 Å². The first kappa shape index (κ1) is 12.3. The largest absolute Gasteiger partial charge is 0.310 e. The third-order valence-corrected chi connectivity index (χ3v) is 5.01. The lowest BCUT2D eigenvalue weighted by Crippen LogP contribution is -2.21. The summed E-state index contributed by atoms with van der Waals surface area (Å²) in [6, 6.07) is 7.02. The molecule has 1 heterocycles. The van der Waals surface area contributed by atoms with Crippen LogP contribution in [0, 0.1) is 0 Å². The highest BCUT2D eigenvalue weighted by Crippen LogP contribution is 2.35. The molecule has 2 aromatic rings. The zero-order valence-corrected chi connectivity index (χ0v) is 12.4. The molecule has 1 aliphatic carbocycles. The first-order valence-electron chi connectivity index (χ1n) is 6.23. The second kappa shape index (κ2) is 5.51. The van der Waals surface area contributed by atoms with E-state index >= 15 is 0 Å². The lowest BCUT2D eigenvalue weighted by Gasteiger charge is -2.13. The zero-order valence-electron chi connectivity index (χ0n) is 10.0. The molecular formula is C14H15BrN2S. The molecule has 2 nitrogen and oxygen atoms in total. The molecule has 0 saturated heterocycles. The number of halogens is 1. The first-order valence-corrected chi connectivity index (χ1v) is 7.91. The van der Waals surface area contributed by atoms with Gasteiger partial charge in [-0.1, -0.05) is 28.1 Å². The summed E-state index contributed by atoms with van der Waals surface area (Å²) < 4.78 is 1.25. The fourth-order valence-corrected chi connectivity index (χ4v) is 3.75. The topological polar surface area (TPSA) is 24.9 Å². The molecule has 0 spiro atoms. The Labute approximate surface area is 120 Å². The minimum atomic E-state index is 0.512. The summed E-state index contributed by atoms with van der Waals surface area (Å²) in [7, 11) is 0. The highest BCUT2D eigenvalue weighted by molar-refractivity contribution is 9.10. The Bertz CT molecular complexity index is 525. The number of fused-ring (bicyclic) bond motifs is 1. The average Bonchev–Trinajstić information content (AvgIpc) is 3.00. The number of hydrogen-bond acceptors (Lipinski definition) is 3. The van der Waals surface area contributed by atoms with Crippen molar-refractivity contribution >= 4 is 27.3 Å². The fourth-order valence-electron chi connectivity index (χ4n) is 2.55. The van der Waals surface area contributed by atoms with Gasteiger partial charge in [0.25, 0.3) is 0 Å². The van der Waals surface area contributed by atoms with Gasteiger partial charge in [-0.05, 0) is 30.0 Å². The van der Waals surface area contributed by atoms with Crippen molar-refractivity contribution in [2.24, 2.45) is 0 Å². The quantitative estimate of drug-likeness (QED) is 0.927. The number of hydrogen-bond donors (Lipinski definition) is 1. The smallest absolute Gasteiger partial charge is 0.0937 e. The van der Waals surface area contributed by atoms with Crippen molar-refractivity contribution in [3.8, 4) is 0 Å². The Morgan fingerprint density at radius 1 is 1.44 bits per heavy atom. The zero-order chi connectivity index (χ0) is 12.4. The summed E-state index contributed by atoms with van der Waals surface area (Å²) in [6.07, 6.45) is 5.28. The molecule has 18 heavy (non-hydrogen) atoms. The van der Waals surface area contributed by atoms with Crippen molar-refractivity contribution in [3.05, 3.63) is 50.4 Å². The molecule has 1 atom stereocenters. The molecule has 1 aromatic heterocycles. The third-order valence-electron chi connectivity index (χ3n) is 3.43. The van der Waals surface area contributed by atoms with Crippen LogP contribution in [0.3, 0.4) is 0 Å². The molecule has 94 valence electrons. The number of aromatic nitrogens is 1. The van der Waals surface area contributed by atoms with Gasteiger partial charge in [-0.15, -0.1) is 11.3 Å². The number of thiazole rings is 1. The lowest BCUT2D eigenvalue weighted by molar-refractivity contribution is 0.533. The predicted octanol–water partition coefficient (Wildman–Crippen LogP) is 3.73. The summed E-state index contributed by atoms with van der Waals surface area (Å²) >= 11 is 5.37. The Balaban J connectivity index is 1.61. The molecule has 1 N–H and O–H groups in total. The molecule has 0 saturated carbocycles. The maximum atomic E-state index is 4.31. The van der Waals surface area contributed by atoms with Gasteiger partial charge in [-0.3, -0.25) is 0 Å². The minimum Gasteiger partial charge on any atom is -0.310 e. The van der Waals surface area contributed by atoms with Crippen LogP contribution in [0.25, 0.3) is 0 Å². The summed E-state index contributed by atoms with van der Waals surface area (Å²) in [4.78, 5) is 4.31. The molecule has 0 amide bonds. The molecule has 3 rings (SSSR count). The van der Waals surface area contributed by atoms with Crippen molar-refractivity contribution in [1.29, 1.82) is 0 Å². The highest BCUT2D eigenvalue weighted by atomic mass is 79.9. The van der Waals surface area contributed by atoms with Crippen molar-refractivity contribution < 1.29 is 0 Å². The van der Waals surface area contributed by atoms with E-state index in [0.717, 1.165) is 13.0 Å². The molecule has 0 aliphatic heterocycles. The SMILES string of the molecule is Brc1cccc2c1CCC2NCCc1nccs1. The first-order chi connectivity index (χ1) is 8.84. The molecule has 1 unspecified atom stereocenters. The summed E-state index contributed by atoms with van der Waals surface area (Å²) in [5, 5.41) is 6.91. The van der Waals surface area contributed by atoms with E-state index in [4.69, 9.17) is 0 Å². The van der Waals surface area contributed by atoms with Crippen molar-refractivity contribution in [2.45, 2.75) is 25.3 Å². The second-order valence-corrected chi connectivity index (χ2v) is 6.36. The molecule has 0 bridgehead atoms. The van der Waals surface area contributed by atoms with Crippen LogP contribution in [-0.4, -0.2) is 11.5 Å². The average molecular weight is 323 g/mol. The van der Waals surface area contributed by atoms with Gasteiger partial charge in [-0.2, -0.15) is 0 Å². The molecule has 0 radical (unpaired) electrons. The molecule has 1 aliphatic rings. The van der Waals surface area contributed by atoms with Crippen LogP contribution in [0.4, 0.5) is 0 Å². The van der Waals surface area contributed by atoms with Crippen molar-refractivity contribution in [3.63, 3.8) is 0 Å². The molecule has 4 heteroatoms. The molecule has 1 aromatic carbocycles. The monoisotopic (exact) mass is 322 g/mol. The van der Waals surface area contributed by atoms with E-state index in [2.05, 4.69) is 44.4 Å². The van der Waals surface area contributed by atoms with Crippen LogP contribution >= 0.6 is 27.3 Å². The number of nitrogens with one attached hydrogen (secondary N) is 1. The molecular weight excluding hydrogens is 308 g/mol. The van der Waals surface area contributed by atoms with Crippen molar-refractivity contribution in [2.75, 3.05) is 6.54 Å². The maximum Gasteiger partial charge on any atom is 0.0937 e. The Morgan fingerprint density at radius 3 is 3.22 bits per heavy atom. The van der Waals surface area contributed by atoms with Crippen LogP contribution < -0.4 is 5.32 Å². The standard InChI is InChI=1S/C14H15BrN2S/c15-12-3-1-2-11-10(12)4-5-13(11)16-7-6-14-17-8-9-18-14/h1-3,8-9,13,16H,4-7H2. The number of benzene rings is 1. The lowest BCUT2D eigenvalue weighted by atomic mass is 10.1.